The van der Waals surface area contributed by atoms with E-state index in [0.717, 1.165) is 52.4 Å². The minimum absolute atomic E-state index is 0.0176. The Bertz CT molecular complexity index is 1340. The number of hydrogen-bond donors (Lipinski definition) is 5. The second-order valence-corrected chi connectivity index (χ2v) is 13.0. The molecule has 3 aromatic rings. The number of hydrogen-bond acceptors (Lipinski definition) is 10. The maximum absolute atomic E-state index is 13.2. The van der Waals surface area contributed by atoms with E-state index >= 15 is 0 Å². The van der Waals surface area contributed by atoms with Crippen LogP contribution >= 0.6 is 21.6 Å². The van der Waals surface area contributed by atoms with Crippen molar-refractivity contribution in [3.05, 3.63) is 53.6 Å². The summed E-state index contributed by atoms with van der Waals surface area (Å²) in [5, 5.41) is 45.8. The summed E-state index contributed by atoms with van der Waals surface area (Å²) in [5.74, 6) is 1.72. The van der Waals surface area contributed by atoms with Crippen molar-refractivity contribution >= 4 is 38.1 Å². The van der Waals surface area contributed by atoms with E-state index in [4.69, 9.17) is 14.6 Å². The van der Waals surface area contributed by atoms with Gasteiger partial charge in [-0.15, -0.1) is 0 Å². The molecule has 0 bridgehead atoms. The Balaban J connectivity index is 1.65. The molecule has 10 heteroatoms. The van der Waals surface area contributed by atoms with Gasteiger partial charge in [0.2, 0.25) is 0 Å². The van der Waals surface area contributed by atoms with Gasteiger partial charge in [-0.3, -0.25) is 10.1 Å². The van der Waals surface area contributed by atoms with Crippen molar-refractivity contribution < 1.29 is 34.7 Å². The Hall–Kier alpha value is -2.47. The van der Waals surface area contributed by atoms with E-state index in [9.17, 15) is 20.1 Å². The summed E-state index contributed by atoms with van der Waals surface area (Å²) in [6, 6.07) is 12.8. The molecular weight excluding hydrogens is 574 g/mol. The Morgan fingerprint density at radius 2 is 1.86 bits per heavy atom. The second-order valence-electron chi connectivity index (χ2n) is 10.5. The number of rotatable bonds is 8. The highest BCUT2D eigenvalue weighted by Gasteiger charge is 2.23. The number of ether oxygens (including phenoxy) is 2. The van der Waals surface area contributed by atoms with Crippen LogP contribution in [0.3, 0.4) is 0 Å². The van der Waals surface area contributed by atoms with Crippen LogP contribution in [0.5, 0.6) is 17.2 Å². The van der Waals surface area contributed by atoms with Crippen LogP contribution < -0.4 is 10.1 Å². The van der Waals surface area contributed by atoms with Gasteiger partial charge in [0.05, 0.1) is 26.0 Å². The molecule has 3 aromatic carbocycles. The molecule has 0 fully saturated rings. The van der Waals surface area contributed by atoms with Crippen LogP contribution in [-0.2, 0) is 21.7 Å². The third-order valence-electron chi connectivity index (χ3n) is 7.49. The highest BCUT2D eigenvalue weighted by molar-refractivity contribution is 8.76. The lowest BCUT2D eigenvalue weighted by atomic mass is 9.89. The number of aryl methyl sites for hydroxylation is 1. The first kappa shape index (κ1) is 32.4. The molecule has 5 N–H and O–H groups in total. The number of methoxy groups -OCH3 is 1. The number of aliphatic hydroxyl groups is 2. The highest BCUT2D eigenvalue weighted by Crippen LogP contribution is 2.45. The van der Waals surface area contributed by atoms with Crippen molar-refractivity contribution in [3.8, 4) is 28.4 Å². The van der Waals surface area contributed by atoms with E-state index in [2.05, 4.69) is 5.32 Å². The average molecular weight is 616 g/mol. The molecule has 1 aliphatic heterocycles. The van der Waals surface area contributed by atoms with E-state index in [0.29, 0.717) is 49.7 Å². The van der Waals surface area contributed by atoms with Gasteiger partial charge in [0.25, 0.3) is 0 Å². The summed E-state index contributed by atoms with van der Waals surface area (Å²) in [4.78, 5) is 13.2. The minimum atomic E-state index is -0.539. The van der Waals surface area contributed by atoms with Crippen LogP contribution in [0.25, 0.3) is 21.9 Å². The maximum atomic E-state index is 13.2. The van der Waals surface area contributed by atoms with Crippen molar-refractivity contribution in [1.82, 2.24) is 5.32 Å². The molecule has 1 aliphatic rings. The summed E-state index contributed by atoms with van der Waals surface area (Å²) in [7, 11) is 4.74. The number of ketones is 1. The van der Waals surface area contributed by atoms with Gasteiger partial charge < -0.3 is 29.9 Å². The largest absolute Gasteiger partial charge is 0.508 e. The average Bonchev–Trinajstić information content (AvgIpc) is 2.98. The molecule has 0 spiro atoms. The molecule has 0 saturated heterocycles. The topological polar surface area (TPSA) is 128 Å². The number of fused-ring (bicyclic) bond motifs is 5. The van der Waals surface area contributed by atoms with Crippen LogP contribution in [0.1, 0.15) is 49.7 Å². The van der Waals surface area contributed by atoms with Crippen LogP contribution in [0, 0.1) is 0 Å². The van der Waals surface area contributed by atoms with Gasteiger partial charge in [0, 0.05) is 36.5 Å². The second kappa shape index (κ2) is 16.4. The fourth-order valence-electron chi connectivity index (χ4n) is 5.26. The normalized spacial score (nSPS) is 18.9. The van der Waals surface area contributed by atoms with Gasteiger partial charge in [0.1, 0.15) is 11.5 Å². The zero-order valence-electron chi connectivity index (χ0n) is 24.0. The van der Waals surface area contributed by atoms with Crippen molar-refractivity contribution in [2.24, 2.45) is 0 Å². The molecule has 0 saturated carbocycles. The zero-order valence-corrected chi connectivity index (χ0v) is 25.6. The van der Waals surface area contributed by atoms with Crippen LogP contribution in [0.2, 0.25) is 0 Å². The number of unbranched alkanes of at least 4 members (excludes halogenated alkanes) is 1. The van der Waals surface area contributed by atoms with Crippen molar-refractivity contribution in [3.63, 3.8) is 0 Å². The predicted octanol–water partition coefficient (Wildman–Crippen LogP) is 5.56. The molecule has 0 radical (unpaired) electrons. The SMILES string of the molecule is COc1c(O)ccc2c1-c1ccc3ccc(O)cc3c1CSSCC(O)CCC(OCNCCCCO)CC(=O)CC2. The number of nitrogens with one attached hydrogen (secondary N) is 1. The molecule has 8 nitrogen and oxygen atoms in total. The molecule has 0 aromatic heterocycles. The smallest absolute Gasteiger partial charge is 0.168 e. The first-order valence-electron chi connectivity index (χ1n) is 14.4. The van der Waals surface area contributed by atoms with Crippen molar-refractivity contribution in [2.75, 3.05) is 32.7 Å². The van der Waals surface area contributed by atoms with E-state index in [1.165, 1.54) is 7.11 Å². The molecule has 0 aliphatic carbocycles. The summed E-state index contributed by atoms with van der Waals surface area (Å²) in [6.45, 7) is 1.19. The predicted molar refractivity (Wildman–Crippen MR) is 170 cm³/mol. The van der Waals surface area contributed by atoms with E-state index < -0.39 is 6.10 Å². The van der Waals surface area contributed by atoms with E-state index in [1.807, 2.05) is 24.3 Å². The van der Waals surface area contributed by atoms with Crippen LogP contribution in [0.4, 0.5) is 0 Å². The number of aromatic hydroxyl groups is 2. The Labute approximate surface area is 255 Å². The van der Waals surface area contributed by atoms with Gasteiger partial charge >= 0.3 is 0 Å². The quantitative estimate of drug-likeness (QED) is 0.125. The molecular formula is C32H41NO7S2. The van der Waals surface area contributed by atoms with Gasteiger partial charge in [-0.2, -0.15) is 0 Å². The standard InChI is InChI=1S/C32H41NO7S2/c1-39-32-30(38)13-7-22-5-9-23(35)16-26(40-20-33-14-2-3-15-34)11-10-25(37)18-41-42-19-29-27(31(22)32)12-6-21-4-8-24(36)17-28(21)29/h4,6-8,12-13,17,25-26,33-34,36-38H,2-3,5,9-11,14-16,18-20H2,1H3. The Kier molecular flexibility index (Phi) is 12.7. The zero-order chi connectivity index (χ0) is 29.9. The molecule has 0 amide bonds. The van der Waals surface area contributed by atoms with Gasteiger partial charge in [-0.1, -0.05) is 45.9 Å². The maximum Gasteiger partial charge on any atom is 0.168 e. The Morgan fingerprint density at radius 3 is 2.67 bits per heavy atom. The first-order chi connectivity index (χ1) is 20.4. The lowest BCUT2D eigenvalue weighted by Gasteiger charge is -2.22. The molecule has 2 atom stereocenters. The minimum Gasteiger partial charge on any atom is -0.508 e. The molecule has 4 rings (SSSR count). The summed E-state index contributed by atoms with van der Waals surface area (Å²) < 4.78 is 11.7. The van der Waals surface area contributed by atoms with Crippen LogP contribution in [-0.4, -0.2) is 71.2 Å². The van der Waals surface area contributed by atoms with E-state index in [-0.39, 0.29) is 36.4 Å². The Morgan fingerprint density at radius 1 is 1.02 bits per heavy atom. The summed E-state index contributed by atoms with van der Waals surface area (Å²) in [6.07, 6.45) is 2.82. The van der Waals surface area contributed by atoms with Gasteiger partial charge in [0.15, 0.2) is 11.5 Å². The monoisotopic (exact) mass is 615 g/mol. The summed E-state index contributed by atoms with van der Waals surface area (Å²) in [5.41, 5.74) is 3.49. The molecule has 2 unspecified atom stereocenters. The lowest BCUT2D eigenvalue weighted by molar-refractivity contribution is -0.122. The van der Waals surface area contributed by atoms with Crippen molar-refractivity contribution in [2.45, 2.75) is 62.9 Å². The van der Waals surface area contributed by atoms with E-state index in [1.54, 1.807) is 39.8 Å². The van der Waals surface area contributed by atoms with Gasteiger partial charge in [-0.05, 0) is 84.3 Å². The summed E-state index contributed by atoms with van der Waals surface area (Å²) >= 11 is 0. The molecule has 1 heterocycles. The third-order valence-corrected chi connectivity index (χ3v) is 9.85. The fraction of sp³-hybridized carbons (Fsp3) is 0.469. The number of carbonyl (C=O) groups is 1. The lowest BCUT2D eigenvalue weighted by Crippen LogP contribution is -2.27. The highest BCUT2D eigenvalue weighted by atomic mass is 33.1. The first-order valence-corrected chi connectivity index (χ1v) is 16.9. The molecule has 42 heavy (non-hydrogen) atoms. The number of carbonyl (C=O) groups excluding carboxylic acids is 1. The number of aliphatic hydroxyl groups excluding tert-OH is 2. The van der Waals surface area contributed by atoms with Gasteiger partial charge in [-0.25, -0.2) is 0 Å². The number of Topliss-reactive ketones (excluding diaryl/α,β-unsaturated/α-hetero) is 1. The third kappa shape index (κ3) is 8.78. The number of phenolic OH excluding ortho intramolecular Hbond substituents is 2. The fourth-order valence-corrected chi connectivity index (χ4v) is 7.55. The molecule has 228 valence electrons. The van der Waals surface area contributed by atoms with Crippen LogP contribution in [0.15, 0.2) is 42.5 Å². The van der Waals surface area contributed by atoms with Crippen molar-refractivity contribution in [1.29, 1.82) is 0 Å². The number of phenols is 2. The number of benzene rings is 3.